The zero-order chi connectivity index (χ0) is 12.3. The van der Waals surface area contributed by atoms with Gasteiger partial charge in [-0.3, -0.25) is 4.90 Å². The molecular formula is C13H23N3O. The molecule has 0 radical (unpaired) electrons. The third kappa shape index (κ3) is 3.06. The fourth-order valence-electron chi connectivity index (χ4n) is 2.50. The van der Waals surface area contributed by atoms with Crippen molar-refractivity contribution in [3.63, 3.8) is 0 Å². The molecule has 0 saturated carbocycles. The Bertz CT molecular complexity index is 350. The molecule has 0 N–H and O–H groups in total. The number of hydrogen-bond donors (Lipinski definition) is 0. The molecule has 2 atom stereocenters. The van der Waals surface area contributed by atoms with E-state index in [0.717, 1.165) is 43.6 Å². The standard InChI is InChI=1S/C13H23N3O/c1-4-6-12-14-13(17-15-12)11(3)16-8-5-7-10(2)9-16/h10-11H,4-9H2,1-3H3/t10-,11-/m1/s1. The zero-order valence-electron chi connectivity index (χ0n) is 11.1. The molecule has 1 aromatic rings. The second kappa shape index (κ2) is 5.63. The van der Waals surface area contributed by atoms with Crippen LogP contribution >= 0.6 is 0 Å². The summed E-state index contributed by atoms with van der Waals surface area (Å²) in [5, 5.41) is 4.03. The van der Waals surface area contributed by atoms with Gasteiger partial charge < -0.3 is 4.52 Å². The van der Waals surface area contributed by atoms with E-state index in [1.165, 1.54) is 12.8 Å². The predicted molar refractivity (Wildman–Crippen MR) is 66.7 cm³/mol. The van der Waals surface area contributed by atoms with E-state index in [1.807, 2.05) is 0 Å². The summed E-state index contributed by atoms with van der Waals surface area (Å²) in [7, 11) is 0. The number of hydrogen-bond acceptors (Lipinski definition) is 4. The van der Waals surface area contributed by atoms with E-state index in [0.29, 0.717) is 0 Å². The smallest absolute Gasteiger partial charge is 0.243 e. The first kappa shape index (κ1) is 12.6. The summed E-state index contributed by atoms with van der Waals surface area (Å²) in [5.74, 6) is 2.41. The van der Waals surface area contributed by atoms with Crippen LogP contribution in [0.25, 0.3) is 0 Å². The van der Waals surface area contributed by atoms with Crippen molar-refractivity contribution in [3.8, 4) is 0 Å². The van der Waals surface area contributed by atoms with Crippen molar-refractivity contribution in [1.82, 2.24) is 15.0 Å². The average Bonchev–Trinajstić information content (AvgIpc) is 2.77. The normalized spacial score (nSPS) is 23.8. The Labute approximate surface area is 103 Å². The van der Waals surface area contributed by atoms with Gasteiger partial charge in [0.25, 0.3) is 0 Å². The molecule has 0 unspecified atom stereocenters. The van der Waals surface area contributed by atoms with Gasteiger partial charge in [-0.1, -0.05) is 19.0 Å². The Hall–Kier alpha value is -0.900. The number of rotatable bonds is 4. The van der Waals surface area contributed by atoms with E-state index in [1.54, 1.807) is 0 Å². The Morgan fingerprint density at radius 1 is 1.53 bits per heavy atom. The van der Waals surface area contributed by atoms with Gasteiger partial charge in [-0.15, -0.1) is 0 Å². The first-order valence-electron chi connectivity index (χ1n) is 6.77. The molecule has 0 bridgehead atoms. The molecule has 2 heterocycles. The SMILES string of the molecule is CCCc1noc([C@@H](C)N2CCC[C@@H](C)C2)n1. The Balaban J connectivity index is 1.99. The topological polar surface area (TPSA) is 42.2 Å². The van der Waals surface area contributed by atoms with Crippen LogP contribution < -0.4 is 0 Å². The summed E-state index contributed by atoms with van der Waals surface area (Å²) >= 11 is 0. The zero-order valence-corrected chi connectivity index (χ0v) is 11.1. The van der Waals surface area contributed by atoms with Crippen LogP contribution in [0.4, 0.5) is 0 Å². The number of aryl methyl sites for hydroxylation is 1. The van der Waals surface area contributed by atoms with Crippen LogP contribution in [0.3, 0.4) is 0 Å². The quantitative estimate of drug-likeness (QED) is 0.807. The van der Waals surface area contributed by atoms with Gasteiger partial charge >= 0.3 is 0 Å². The molecule has 4 nitrogen and oxygen atoms in total. The van der Waals surface area contributed by atoms with Gasteiger partial charge in [0.05, 0.1) is 6.04 Å². The number of piperidine rings is 1. The van der Waals surface area contributed by atoms with Crippen LogP contribution in [0.1, 0.15) is 57.8 Å². The van der Waals surface area contributed by atoms with E-state index in [9.17, 15) is 0 Å². The van der Waals surface area contributed by atoms with Crippen LogP contribution in [-0.4, -0.2) is 28.1 Å². The maximum absolute atomic E-state index is 5.36. The molecule has 4 heteroatoms. The van der Waals surface area contributed by atoms with Gasteiger partial charge in [0.2, 0.25) is 5.89 Å². The Kier molecular flexibility index (Phi) is 4.15. The summed E-state index contributed by atoms with van der Waals surface area (Å²) in [5.41, 5.74) is 0. The van der Waals surface area contributed by atoms with Crippen molar-refractivity contribution in [3.05, 3.63) is 11.7 Å². The van der Waals surface area contributed by atoms with Crippen LogP contribution in [0, 0.1) is 5.92 Å². The average molecular weight is 237 g/mol. The van der Waals surface area contributed by atoms with Crippen molar-refractivity contribution in [1.29, 1.82) is 0 Å². The van der Waals surface area contributed by atoms with Crippen molar-refractivity contribution in [2.75, 3.05) is 13.1 Å². The Morgan fingerprint density at radius 2 is 2.35 bits per heavy atom. The molecule has 96 valence electrons. The molecule has 0 spiro atoms. The van der Waals surface area contributed by atoms with E-state index in [4.69, 9.17) is 4.52 Å². The number of likely N-dealkylation sites (tertiary alicyclic amines) is 1. The highest BCUT2D eigenvalue weighted by Gasteiger charge is 2.25. The fraction of sp³-hybridized carbons (Fsp3) is 0.846. The van der Waals surface area contributed by atoms with E-state index in [2.05, 4.69) is 35.8 Å². The third-order valence-electron chi connectivity index (χ3n) is 3.55. The van der Waals surface area contributed by atoms with Crippen molar-refractivity contribution >= 4 is 0 Å². The van der Waals surface area contributed by atoms with Crippen LogP contribution in [0.5, 0.6) is 0 Å². The van der Waals surface area contributed by atoms with Gasteiger partial charge in [-0.25, -0.2) is 0 Å². The van der Waals surface area contributed by atoms with Gasteiger partial charge in [0.1, 0.15) is 0 Å². The van der Waals surface area contributed by atoms with E-state index < -0.39 is 0 Å². The highest BCUT2D eigenvalue weighted by molar-refractivity contribution is 4.93. The highest BCUT2D eigenvalue weighted by atomic mass is 16.5. The maximum atomic E-state index is 5.36. The minimum absolute atomic E-state index is 0.260. The number of aromatic nitrogens is 2. The van der Waals surface area contributed by atoms with Crippen molar-refractivity contribution < 1.29 is 4.52 Å². The van der Waals surface area contributed by atoms with Gasteiger partial charge in [0, 0.05) is 13.0 Å². The van der Waals surface area contributed by atoms with Crippen LogP contribution in [0.15, 0.2) is 4.52 Å². The molecule has 0 aromatic carbocycles. The summed E-state index contributed by atoms with van der Waals surface area (Å²) in [6, 6.07) is 0.260. The van der Waals surface area contributed by atoms with E-state index >= 15 is 0 Å². The van der Waals surface area contributed by atoms with Gasteiger partial charge in [-0.05, 0) is 38.6 Å². The molecule has 1 saturated heterocycles. The lowest BCUT2D eigenvalue weighted by molar-refractivity contribution is 0.117. The monoisotopic (exact) mass is 237 g/mol. The molecular weight excluding hydrogens is 214 g/mol. The summed E-state index contributed by atoms with van der Waals surface area (Å²) < 4.78 is 5.36. The lowest BCUT2D eigenvalue weighted by Crippen LogP contribution is -2.36. The minimum Gasteiger partial charge on any atom is -0.338 e. The maximum Gasteiger partial charge on any atom is 0.243 e. The first-order valence-corrected chi connectivity index (χ1v) is 6.77. The van der Waals surface area contributed by atoms with Gasteiger partial charge in [0.15, 0.2) is 5.82 Å². The van der Waals surface area contributed by atoms with Crippen molar-refractivity contribution in [2.45, 2.75) is 52.5 Å². The van der Waals surface area contributed by atoms with Gasteiger partial charge in [-0.2, -0.15) is 4.98 Å². The minimum atomic E-state index is 0.260. The predicted octanol–water partition coefficient (Wildman–Crippen LogP) is 2.82. The molecule has 0 aliphatic carbocycles. The van der Waals surface area contributed by atoms with E-state index in [-0.39, 0.29) is 6.04 Å². The molecule has 1 aromatic heterocycles. The lowest BCUT2D eigenvalue weighted by atomic mass is 9.99. The second-order valence-corrected chi connectivity index (χ2v) is 5.22. The first-order chi connectivity index (χ1) is 8.20. The molecule has 1 aliphatic heterocycles. The lowest BCUT2D eigenvalue weighted by Gasteiger charge is -2.33. The summed E-state index contributed by atoms with van der Waals surface area (Å²) in [6.45, 7) is 8.91. The van der Waals surface area contributed by atoms with Crippen LogP contribution in [-0.2, 0) is 6.42 Å². The summed E-state index contributed by atoms with van der Waals surface area (Å²) in [4.78, 5) is 6.94. The fourth-order valence-corrected chi connectivity index (χ4v) is 2.50. The van der Waals surface area contributed by atoms with Crippen LogP contribution in [0.2, 0.25) is 0 Å². The number of nitrogens with zero attached hydrogens (tertiary/aromatic N) is 3. The van der Waals surface area contributed by atoms with Crippen molar-refractivity contribution in [2.24, 2.45) is 5.92 Å². The second-order valence-electron chi connectivity index (χ2n) is 5.22. The molecule has 2 rings (SSSR count). The molecule has 1 aliphatic rings. The third-order valence-corrected chi connectivity index (χ3v) is 3.55. The largest absolute Gasteiger partial charge is 0.338 e. The highest BCUT2D eigenvalue weighted by Crippen LogP contribution is 2.25. The Morgan fingerprint density at radius 3 is 3.06 bits per heavy atom. The molecule has 0 amide bonds. The summed E-state index contributed by atoms with van der Waals surface area (Å²) in [6.07, 6.45) is 4.59. The molecule has 17 heavy (non-hydrogen) atoms. The molecule has 1 fully saturated rings.